The van der Waals surface area contributed by atoms with Gasteiger partial charge in [0.25, 0.3) is 0 Å². The number of ketones is 1. The fourth-order valence-corrected chi connectivity index (χ4v) is 3.05. The number of ether oxygens (including phenoxy) is 4. The van der Waals surface area contributed by atoms with E-state index in [9.17, 15) is 4.79 Å². The van der Waals surface area contributed by atoms with E-state index >= 15 is 0 Å². The van der Waals surface area contributed by atoms with Crippen molar-refractivity contribution in [2.75, 3.05) is 32.9 Å². The summed E-state index contributed by atoms with van der Waals surface area (Å²) in [4.78, 5) is 14.8. The molecule has 2 fully saturated rings. The van der Waals surface area contributed by atoms with Gasteiger partial charge < -0.3 is 23.8 Å². The van der Waals surface area contributed by atoms with E-state index in [0.29, 0.717) is 38.6 Å². The van der Waals surface area contributed by atoms with E-state index in [4.69, 9.17) is 18.9 Å². The zero-order valence-electron chi connectivity index (χ0n) is 12.7. The Labute approximate surface area is 134 Å². The second-order valence-corrected chi connectivity index (χ2v) is 5.77. The van der Waals surface area contributed by atoms with Crippen molar-refractivity contribution in [1.82, 2.24) is 4.90 Å². The molecule has 4 rings (SSSR count). The highest BCUT2D eigenvalue weighted by Gasteiger charge is 2.43. The Bertz CT molecular complexity index is 596. The van der Waals surface area contributed by atoms with Crippen molar-refractivity contribution in [3.8, 4) is 0 Å². The summed E-state index contributed by atoms with van der Waals surface area (Å²) in [6.45, 7) is 2.96. The van der Waals surface area contributed by atoms with Gasteiger partial charge in [-0.25, -0.2) is 0 Å². The van der Waals surface area contributed by atoms with Crippen molar-refractivity contribution in [3.63, 3.8) is 0 Å². The lowest BCUT2D eigenvalue weighted by Gasteiger charge is -2.40. The lowest BCUT2D eigenvalue weighted by atomic mass is 10.0. The lowest BCUT2D eigenvalue weighted by molar-refractivity contribution is -0.254. The molecule has 0 aromatic heterocycles. The second-order valence-electron chi connectivity index (χ2n) is 5.77. The molecule has 3 atom stereocenters. The first kappa shape index (κ1) is 14.7. The minimum Gasteiger partial charge on any atom is -0.490 e. The van der Waals surface area contributed by atoms with Crippen LogP contribution in [-0.2, 0) is 23.7 Å². The van der Waals surface area contributed by atoms with E-state index in [0.717, 1.165) is 5.56 Å². The van der Waals surface area contributed by atoms with Gasteiger partial charge in [0.15, 0.2) is 18.5 Å². The van der Waals surface area contributed by atoms with E-state index in [1.165, 1.54) is 0 Å². The third-order valence-corrected chi connectivity index (χ3v) is 4.31. The molecule has 0 unspecified atom stereocenters. The Hall–Kier alpha value is -1.89. The zero-order valence-corrected chi connectivity index (χ0v) is 12.7. The molecule has 0 bridgehead atoms. The summed E-state index contributed by atoms with van der Waals surface area (Å²) in [5.74, 6) is -0.0348. The average Bonchev–Trinajstić information content (AvgIpc) is 2.63. The Kier molecular flexibility index (Phi) is 4.03. The molecular weight excluding hydrogens is 298 g/mol. The van der Waals surface area contributed by atoms with E-state index in [1.54, 1.807) is 6.26 Å². The van der Waals surface area contributed by atoms with Crippen molar-refractivity contribution >= 4 is 5.78 Å². The lowest BCUT2D eigenvalue weighted by Crippen LogP contribution is -2.52. The molecule has 2 saturated heterocycles. The first-order valence-corrected chi connectivity index (χ1v) is 7.87. The highest BCUT2D eigenvalue weighted by molar-refractivity contribution is 5.99. The van der Waals surface area contributed by atoms with Gasteiger partial charge in [0.1, 0.15) is 12.0 Å². The van der Waals surface area contributed by atoms with Crippen molar-refractivity contribution in [1.29, 1.82) is 0 Å². The summed E-state index contributed by atoms with van der Waals surface area (Å²) in [6.07, 6.45) is 0.00258. The van der Waals surface area contributed by atoms with Crippen LogP contribution in [-0.4, -0.2) is 55.8 Å². The minimum atomic E-state index is -0.628. The minimum absolute atomic E-state index is 0.0348. The maximum absolute atomic E-state index is 12.8. The normalized spacial score (nSPS) is 31.1. The van der Waals surface area contributed by atoms with Crippen molar-refractivity contribution in [2.24, 2.45) is 0 Å². The third-order valence-electron chi connectivity index (χ3n) is 4.31. The Balaban J connectivity index is 1.51. The predicted molar refractivity (Wildman–Crippen MR) is 80.4 cm³/mol. The summed E-state index contributed by atoms with van der Waals surface area (Å²) in [5, 5.41) is 0. The molecule has 0 spiro atoms. The summed E-state index contributed by atoms with van der Waals surface area (Å²) < 4.78 is 22.6. The van der Waals surface area contributed by atoms with E-state index in [-0.39, 0.29) is 11.9 Å². The first-order valence-electron chi connectivity index (χ1n) is 7.87. The Morgan fingerprint density at radius 3 is 2.65 bits per heavy atom. The molecule has 3 aliphatic heterocycles. The second kappa shape index (κ2) is 6.31. The van der Waals surface area contributed by atoms with E-state index in [1.807, 2.05) is 35.2 Å². The number of carbonyl (C=O) groups is 1. The molecule has 122 valence electrons. The summed E-state index contributed by atoms with van der Waals surface area (Å²) in [7, 11) is 0. The highest BCUT2D eigenvalue weighted by Crippen LogP contribution is 2.32. The first-order chi connectivity index (χ1) is 11.3. The molecule has 3 aliphatic rings. The van der Waals surface area contributed by atoms with Gasteiger partial charge in [0.05, 0.1) is 19.8 Å². The number of hydrogen-bond acceptors (Lipinski definition) is 6. The molecule has 1 aromatic rings. The maximum atomic E-state index is 12.8. The Morgan fingerprint density at radius 1 is 1.09 bits per heavy atom. The maximum Gasteiger partial charge on any atom is 0.214 e. The van der Waals surface area contributed by atoms with Crippen LogP contribution in [0.15, 0.2) is 42.3 Å². The standard InChI is InChI=1S/C17H19NO5/c19-15-13(18-6-8-20-9-7-18)10-21-14-11-22-17(23-16(14)15)12-4-2-1-3-5-12/h1-5,10,14,16-17H,6-9,11H2/t14-,16-,17-/m1/s1. The molecule has 1 aromatic carbocycles. The van der Waals surface area contributed by atoms with E-state index in [2.05, 4.69) is 0 Å². The molecule has 0 saturated carbocycles. The number of carbonyl (C=O) groups excluding carboxylic acids is 1. The molecule has 3 heterocycles. The third kappa shape index (κ3) is 2.85. The van der Waals surface area contributed by atoms with Crippen LogP contribution in [0.25, 0.3) is 0 Å². The number of rotatable bonds is 2. The quantitative estimate of drug-likeness (QED) is 0.818. The van der Waals surface area contributed by atoms with Gasteiger partial charge in [0, 0.05) is 18.7 Å². The molecule has 0 aliphatic carbocycles. The van der Waals surface area contributed by atoms with Crippen LogP contribution in [0, 0.1) is 0 Å². The van der Waals surface area contributed by atoms with Gasteiger partial charge in [-0.1, -0.05) is 30.3 Å². The van der Waals surface area contributed by atoms with Gasteiger partial charge in [-0.2, -0.15) is 0 Å². The average molecular weight is 317 g/mol. The number of fused-ring (bicyclic) bond motifs is 1. The van der Waals surface area contributed by atoms with Gasteiger partial charge in [-0.15, -0.1) is 0 Å². The topological polar surface area (TPSA) is 57.2 Å². The van der Waals surface area contributed by atoms with Crippen LogP contribution in [0.2, 0.25) is 0 Å². The Morgan fingerprint density at radius 2 is 1.87 bits per heavy atom. The number of nitrogens with zero attached hydrogens (tertiary/aromatic N) is 1. The van der Waals surface area contributed by atoms with Crippen molar-refractivity contribution in [2.45, 2.75) is 18.5 Å². The van der Waals surface area contributed by atoms with Crippen LogP contribution in [0.3, 0.4) is 0 Å². The van der Waals surface area contributed by atoms with Crippen LogP contribution >= 0.6 is 0 Å². The van der Waals surface area contributed by atoms with E-state index < -0.39 is 12.4 Å². The number of hydrogen-bond donors (Lipinski definition) is 0. The van der Waals surface area contributed by atoms with Gasteiger partial charge >= 0.3 is 0 Å². The predicted octanol–water partition coefficient (Wildman–Crippen LogP) is 1.24. The largest absolute Gasteiger partial charge is 0.490 e. The van der Waals surface area contributed by atoms with Crippen LogP contribution in [0.1, 0.15) is 11.9 Å². The van der Waals surface area contributed by atoms with Crippen LogP contribution < -0.4 is 0 Å². The summed E-state index contributed by atoms with van der Waals surface area (Å²) in [6, 6.07) is 9.64. The molecule has 0 radical (unpaired) electrons. The van der Waals surface area contributed by atoms with Crippen LogP contribution in [0.5, 0.6) is 0 Å². The van der Waals surface area contributed by atoms with Crippen LogP contribution in [0.4, 0.5) is 0 Å². The van der Waals surface area contributed by atoms with Crippen molar-refractivity contribution < 1.29 is 23.7 Å². The zero-order chi connectivity index (χ0) is 15.6. The summed E-state index contributed by atoms with van der Waals surface area (Å²) >= 11 is 0. The van der Waals surface area contributed by atoms with Gasteiger partial charge in [-0.05, 0) is 0 Å². The molecule has 0 amide bonds. The fourth-order valence-electron chi connectivity index (χ4n) is 3.05. The number of benzene rings is 1. The molecule has 6 nitrogen and oxygen atoms in total. The molecule has 6 heteroatoms. The van der Waals surface area contributed by atoms with Gasteiger partial charge in [-0.3, -0.25) is 4.79 Å². The monoisotopic (exact) mass is 317 g/mol. The molecule has 23 heavy (non-hydrogen) atoms. The molecule has 0 N–H and O–H groups in total. The van der Waals surface area contributed by atoms with Crippen molar-refractivity contribution in [3.05, 3.63) is 47.9 Å². The van der Waals surface area contributed by atoms with Gasteiger partial charge in [0.2, 0.25) is 5.78 Å². The SMILES string of the molecule is O=C1C(N2CCOCC2)=CO[C@@H]2CO[C@@H](c3ccccc3)O[C@@H]12. The highest BCUT2D eigenvalue weighted by atomic mass is 16.7. The number of morpholine rings is 1. The summed E-state index contributed by atoms with van der Waals surface area (Å²) in [5.41, 5.74) is 1.48. The fraction of sp³-hybridized carbons (Fsp3) is 0.471. The number of Topliss-reactive ketones (excluding diaryl/α,β-unsaturated/α-hetero) is 1. The smallest absolute Gasteiger partial charge is 0.214 e. The molecular formula is C17H19NO5.